The number of nitrogens with zero attached hydrogens (tertiary/aromatic N) is 2. The lowest BCUT2D eigenvalue weighted by molar-refractivity contribution is 0.0621. The van der Waals surface area contributed by atoms with E-state index in [-0.39, 0.29) is 24.0 Å². The van der Waals surface area contributed by atoms with Crippen molar-refractivity contribution < 1.29 is 9.84 Å². The van der Waals surface area contributed by atoms with E-state index in [1.807, 2.05) is 54.9 Å². The van der Waals surface area contributed by atoms with Crippen molar-refractivity contribution in [1.29, 1.82) is 0 Å². The highest BCUT2D eigenvalue weighted by Crippen LogP contribution is 2.22. The zero-order chi connectivity index (χ0) is 21.8. The maximum absolute atomic E-state index is 10.7. The molecule has 1 heterocycles. The van der Waals surface area contributed by atoms with Crippen molar-refractivity contribution in [3.8, 4) is 5.75 Å². The van der Waals surface area contributed by atoms with Gasteiger partial charge < -0.3 is 25.4 Å². The van der Waals surface area contributed by atoms with Crippen molar-refractivity contribution >= 4 is 41.3 Å². The molecule has 0 radical (unpaired) electrons. The van der Waals surface area contributed by atoms with E-state index in [0.717, 1.165) is 43.1 Å². The summed E-state index contributed by atoms with van der Waals surface area (Å²) in [5, 5.41) is 21.1. The van der Waals surface area contributed by atoms with Crippen LogP contribution in [0.2, 0.25) is 0 Å². The van der Waals surface area contributed by atoms with Gasteiger partial charge in [0.25, 0.3) is 0 Å². The number of ether oxygens (including phenoxy) is 1. The molecule has 0 aliphatic heterocycles. The largest absolute Gasteiger partial charge is 0.492 e. The number of guanidine groups is 1. The number of thiophene rings is 1. The molecule has 3 N–H and O–H groups in total. The van der Waals surface area contributed by atoms with E-state index in [2.05, 4.69) is 34.4 Å². The van der Waals surface area contributed by atoms with E-state index in [9.17, 15) is 5.11 Å². The molecule has 0 bridgehead atoms. The van der Waals surface area contributed by atoms with E-state index < -0.39 is 5.60 Å². The molecule has 0 aliphatic carbocycles. The van der Waals surface area contributed by atoms with Gasteiger partial charge in [0.05, 0.1) is 13.1 Å². The summed E-state index contributed by atoms with van der Waals surface area (Å²) in [4.78, 5) is 6.99. The number of aliphatic hydroxyl groups is 1. The number of rotatable bonds is 12. The van der Waals surface area contributed by atoms with Crippen LogP contribution in [0.5, 0.6) is 5.75 Å². The summed E-state index contributed by atoms with van der Waals surface area (Å²) < 4.78 is 5.84. The summed E-state index contributed by atoms with van der Waals surface area (Å²) in [6, 6.07) is 10.0. The Morgan fingerprint density at radius 1 is 1.13 bits per heavy atom. The van der Waals surface area contributed by atoms with E-state index in [1.54, 1.807) is 11.3 Å². The maximum Gasteiger partial charge on any atom is 0.191 e. The van der Waals surface area contributed by atoms with Crippen molar-refractivity contribution in [1.82, 2.24) is 15.5 Å². The molecule has 31 heavy (non-hydrogen) atoms. The Balaban J connectivity index is 0.00000480. The molecule has 1 aromatic heterocycles. The average Bonchev–Trinajstić information content (AvgIpc) is 3.30. The van der Waals surface area contributed by atoms with Crippen molar-refractivity contribution in [2.45, 2.75) is 39.8 Å². The van der Waals surface area contributed by atoms with Crippen LogP contribution in [0.1, 0.15) is 38.8 Å². The van der Waals surface area contributed by atoms with Crippen LogP contribution in [-0.4, -0.2) is 55.3 Å². The first-order valence-electron chi connectivity index (χ1n) is 10.7. The van der Waals surface area contributed by atoms with Gasteiger partial charge in [0, 0.05) is 13.1 Å². The zero-order valence-electron chi connectivity index (χ0n) is 19.1. The molecule has 0 saturated carbocycles. The van der Waals surface area contributed by atoms with Crippen LogP contribution in [0, 0.1) is 0 Å². The van der Waals surface area contributed by atoms with Crippen LogP contribution in [0.3, 0.4) is 0 Å². The maximum atomic E-state index is 10.7. The fraction of sp³-hybridized carbons (Fsp3) is 0.522. The zero-order valence-corrected chi connectivity index (χ0v) is 22.2. The molecule has 6 nitrogen and oxygen atoms in total. The molecular formula is C23H37IN4O2S. The van der Waals surface area contributed by atoms with Gasteiger partial charge in [-0.25, -0.2) is 4.99 Å². The summed E-state index contributed by atoms with van der Waals surface area (Å²) in [5.74, 6) is 1.57. The summed E-state index contributed by atoms with van der Waals surface area (Å²) in [6.45, 7) is 13.6. The summed E-state index contributed by atoms with van der Waals surface area (Å²) in [6.07, 6.45) is 0. The van der Waals surface area contributed by atoms with Crippen molar-refractivity contribution in [3.05, 3.63) is 52.2 Å². The van der Waals surface area contributed by atoms with Crippen LogP contribution in [0.25, 0.3) is 0 Å². The van der Waals surface area contributed by atoms with Gasteiger partial charge in [-0.3, -0.25) is 0 Å². The van der Waals surface area contributed by atoms with Crippen molar-refractivity contribution in [2.75, 3.05) is 39.3 Å². The minimum absolute atomic E-state index is 0. The van der Waals surface area contributed by atoms with E-state index in [1.165, 1.54) is 0 Å². The molecule has 2 aromatic rings. The number of aliphatic imine (C=N–C) groups is 1. The van der Waals surface area contributed by atoms with Crippen molar-refractivity contribution in [3.63, 3.8) is 0 Å². The molecule has 0 aliphatic rings. The predicted octanol–water partition coefficient (Wildman–Crippen LogP) is 4.05. The molecular weight excluding hydrogens is 523 g/mol. The van der Waals surface area contributed by atoms with Crippen LogP contribution < -0.4 is 15.4 Å². The highest BCUT2D eigenvalue weighted by molar-refractivity contribution is 14.0. The number of nitrogens with one attached hydrogen (secondary N) is 2. The van der Waals surface area contributed by atoms with Crippen LogP contribution >= 0.6 is 35.3 Å². The molecule has 0 saturated heterocycles. The molecule has 1 unspecified atom stereocenters. The number of hydrogen-bond acceptors (Lipinski definition) is 5. The molecule has 2 rings (SSSR count). The third-order valence-electron chi connectivity index (χ3n) is 5.00. The fourth-order valence-corrected chi connectivity index (χ4v) is 3.75. The Bertz CT molecular complexity index is 747. The second kappa shape index (κ2) is 14.7. The first-order chi connectivity index (χ1) is 14.5. The molecule has 1 aromatic carbocycles. The van der Waals surface area contributed by atoms with Gasteiger partial charge in [-0.1, -0.05) is 26.0 Å². The minimum Gasteiger partial charge on any atom is -0.492 e. The van der Waals surface area contributed by atoms with E-state index >= 15 is 0 Å². The monoisotopic (exact) mass is 560 g/mol. The standard InChI is InChI=1S/C23H36N4O2S.HI/c1-5-24-22(26-18-23(4,28)20-12-15-30-17-20)25-16-19-8-10-21(11-9-19)29-14-13-27(6-2)7-3;/h8-12,15,17,28H,5-7,13-14,16,18H2,1-4H3,(H2,24,25,26);1H. The lowest BCUT2D eigenvalue weighted by Gasteiger charge is -2.24. The number of benzene rings is 1. The minimum atomic E-state index is -0.944. The van der Waals surface area contributed by atoms with E-state index in [0.29, 0.717) is 25.7 Å². The Morgan fingerprint density at radius 2 is 1.84 bits per heavy atom. The highest BCUT2D eigenvalue weighted by Gasteiger charge is 2.23. The molecule has 1 atom stereocenters. The lowest BCUT2D eigenvalue weighted by Crippen LogP contribution is -2.44. The number of hydrogen-bond donors (Lipinski definition) is 3. The lowest BCUT2D eigenvalue weighted by atomic mass is 9.99. The smallest absolute Gasteiger partial charge is 0.191 e. The predicted molar refractivity (Wildman–Crippen MR) is 142 cm³/mol. The Hall–Kier alpha value is -1.36. The molecule has 0 amide bonds. The van der Waals surface area contributed by atoms with Gasteiger partial charge in [0.1, 0.15) is 18.0 Å². The number of likely N-dealkylation sites (N-methyl/N-ethyl adjacent to an activating group) is 1. The first kappa shape index (κ1) is 27.7. The van der Waals surface area contributed by atoms with Gasteiger partial charge in [0.2, 0.25) is 0 Å². The van der Waals surface area contributed by atoms with Crippen molar-refractivity contribution in [2.24, 2.45) is 4.99 Å². The molecule has 174 valence electrons. The Kier molecular flexibility index (Phi) is 13.1. The first-order valence-corrected chi connectivity index (χ1v) is 11.6. The van der Waals surface area contributed by atoms with Crippen LogP contribution in [0.4, 0.5) is 0 Å². The van der Waals surface area contributed by atoms with E-state index in [4.69, 9.17) is 4.74 Å². The summed E-state index contributed by atoms with van der Waals surface area (Å²) >= 11 is 1.58. The van der Waals surface area contributed by atoms with Gasteiger partial charge in [0.15, 0.2) is 5.96 Å². The van der Waals surface area contributed by atoms with Crippen LogP contribution in [0.15, 0.2) is 46.1 Å². The second-order valence-electron chi connectivity index (χ2n) is 7.35. The highest BCUT2D eigenvalue weighted by atomic mass is 127. The molecule has 8 heteroatoms. The SMILES string of the molecule is CCNC(=NCc1ccc(OCCN(CC)CC)cc1)NCC(C)(O)c1ccsc1.I. The third kappa shape index (κ3) is 9.76. The van der Waals surface area contributed by atoms with Crippen LogP contribution in [-0.2, 0) is 12.1 Å². The Morgan fingerprint density at radius 3 is 2.42 bits per heavy atom. The molecule has 0 spiro atoms. The summed E-state index contributed by atoms with van der Waals surface area (Å²) in [5.41, 5.74) is 1.07. The second-order valence-corrected chi connectivity index (χ2v) is 8.13. The summed E-state index contributed by atoms with van der Waals surface area (Å²) in [7, 11) is 0. The average molecular weight is 561 g/mol. The van der Waals surface area contributed by atoms with Gasteiger partial charge in [-0.2, -0.15) is 11.3 Å². The van der Waals surface area contributed by atoms with Gasteiger partial charge in [-0.15, -0.1) is 24.0 Å². The van der Waals surface area contributed by atoms with Gasteiger partial charge >= 0.3 is 0 Å². The Labute approximate surface area is 208 Å². The normalized spacial score (nSPS) is 13.4. The fourth-order valence-electron chi connectivity index (χ4n) is 2.96. The topological polar surface area (TPSA) is 69.1 Å². The third-order valence-corrected chi connectivity index (χ3v) is 5.68. The van der Waals surface area contributed by atoms with Gasteiger partial charge in [-0.05, 0) is 67.0 Å². The number of halogens is 1. The quantitative estimate of drug-likeness (QED) is 0.208. The molecule has 0 fully saturated rings.